The Balaban J connectivity index is 2.22. The number of carbonyl (C=O) groups is 2. The second-order valence-electron chi connectivity index (χ2n) is 4.32. The Morgan fingerprint density at radius 2 is 1.84 bits per heavy atom. The van der Waals surface area contributed by atoms with Gasteiger partial charge in [-0.2, -0.15) is 0 Å². The number of imide groups is 1. The molecule has 2 rings (SSSR count). The number of rotatable bonds is 3. The zero-order valence-corrected chi connectivity index (χ0v) is 10.5. The second-order valence-corrected chi connectivity index (χ2v) is 4.32. The molecule has 102 valence electrons. The van der Waals surface area contributed by atoms with Crippen molar-refractivity contribution in [3.05, 3.63) is 35.9 Å². The monoisotopic (exact) mass is 263 g/mol. The zero-order valence-electron chi connectivity index (χ0n) is 10.5. The van der Waals surface area contributed by atoms with Crippen LogP contribution in [-0.2, 0) is 9.53 Å². The number of carbonyl (C=O) groups excluding carboxylic acids is 2. The van der Waals surface area contributed by atoms with Gasteiger partial charge in [-0.1, -0.05) is 30.3 Å². The van der Waals surface area contributed by atoms with Crippen molar-refractivity contribution < 1.29 is 14.3 Å². The first-order valence-electron chi connectivity index (χ1n) is 6.15. The van der Waals surface area contributed by atoms with Crippen LogP contribution in [0.5, 0.6) is 0 Å². The highest BCUT2D eigenvalue weighted by atomic mass is 16.5. The van der Waals surface area contributed by atoms with Crippen molar-refractivity contribution in [1.29, 1.82) is 0 Å². The number of primary amides is 1. The van der Waals surface area contributed by atoms with Crippen molar-refractivity contribution in [2.24, 2.45) is 5.73 Å². The summed E-state index contributed by atoms with van der Waals surface area (Å²) < 4.78 is 5.28. The maximum absolute atomic E-state index is 12.2. The number of nitrogens with one attached hydrogen (secondary N) is 1. The van der Waals surface area contributed by atoms with Gasteiger partial charge >= 0.3 is 6.03 Å². The molecule has 1 saturated heterocycles. The molecule has 6 nitrogen and oxygen atoms in total. The summed E-state index contributed by atoms with van der Waals surface area (Å²) in [6, 6.07) is 7.98. The van der Waals surface area contributed by atoms with Gasteiger partial charge in [-0.25, -0.2) is 4.79 Å². The van der Waals surface area contributed by atoms with Crippen molar-refractivity contribution in [1.82, 2.24) is 10.2 Å². The topological polar surface area (TPSA) is 84.7 Å². The highest BCUT2D eigenvalue weighted by Gasteiger charge is 2.29. The van der Waals surface area contributed by atoms with Crippen molar-refractivity contribution in [2.75, 3.05) is 26.3 Å². The lowest BCUT2D eigenvalue weighted by Gasteiger charge is -2.33. The van der Waals surface area contributed by atoms with E-state index >= 15 is 0 Å². The molecule has 1 aromatic carbocycles. The summed E-state index contributed by atoms with van der Waals surface area (Å²) in [6.07, 6.45) is 0. The quantitative estimate of drug-likeness (QED) is 0.819. The van der Waals surface area contributed by atoms with Crippen LogP contribution in [0.2, 0.25) is 0 Å². The molecule has 1 aliphatic rings. The molecule has 3 amide bonds. The first kappa shape index (κ1) is 13.5. The smallest absolute Gasteiger partial charge is 0.318 e. The van der Waals surface area contributed by atoms with Gasteiger partial charge in [0.15, 0.2) is 0 Å². The fraction of sp³-hybridized carbons (Fsp3) is 0.385. The average molecular weight is 263 g/mol. The lowest BCUT2D eigenvalue weighted by atomic mass is 10.0. The largest absolute Gasteiger partial charge is 0.379 e. The number of urea groups is 1. The van der Waals surface area contributed by atoms with E-state index in [0.717, 1.165) is 5.56 Å². The molecule has 0 saturated carbocycles. The van der Waals surface area contributed by atoms with Gasteiger partial charge < -0.3 is 10.5 Å². The normalized spacial score (nSPS) is 17.7. The molecule has 0 aliphatic carbocycles. The molecule has 3 N–H and O–H groups in total. The number of benzene rings is 1. The Labute approximate surface area is 111 Å². The predicted octanol–water partition coefficient (Wildman–Crippen LogP) is 0.255. The van der Waals surface area contributed by atoms with Gasteiger partial charge in [-0.05, 0) is 5.56 Å². The van der Waals surface area contributed by atoms with Crippen LogP contribution in [0.1, 0.15) is 11.6 Å². The van der Waals surface area contributed by atoms with Gasteiger partial charge in [0, 0.05) is 13.1 Å². The molecule has 19 heavy (non-hydrogen) atoms. The van der Waals surface area contributed by atoms with Crippen LogP contribution in [0, 0.1) is 0 Å². The summed E-state index contributed by atoms with van der Waals surface area (Å²) in [5.74, 6) is -0.402. The van der Waals surface area contributed by atoms with E-state index in [1.165, 1.54) is 0 Å². The Kier molecular flexibility index (Phi) is 4.48. The molecule has 6 heteroatoms. The van der Waals surface area contributed by atoms with Crippen LogP contribution >= 0.6 is 0 Å². The molecule has 1 heterocycles. The van der Waals surface area contributed by atoms with E-state index in [-0.39, 0.29) is 0 Å². The summed E-state index contributed by atoms with van der Waals surface area (Å²) in [5, 5.41) is 2.16. The van der Waals surface area contributed by atoms with Crippen molar-refractivity contribution >= 4 is 11.9 Å². The van der Waals surface area contributed by atoms with Crippen molar-refractivity contribution in [3.8, 4) is 0 Å². The fourth-order valence-corrected chi connectivity index (χ4v) is 2.19. The number of hydrogen-bond acceptors (Lipinski definition) is 4. The summed E-state index contributed by atoms with van der Waals surface area (Å²) >= 11 is 0. The summed E-state index contributed by atoms with van der Waals surface area (Å²) in [5.41, 5.74) is 5.86. The SMILES string of the molecule is NC(=O)NC(=O)[C@H](c1ccccc1)N1CCOCC1. The second kappa shape index (κ2) is 6.31. The van der Waals surface area contributed by atoms with E-state index in [1.807, 2.05) is 35.2 Å². The minimum Gasteiger partial charge on any atom is -0.379 e. The predicted molar refractivity (Wildman–Crippen MR) is 69.3 cm³/mol. The Hall–Kier alpha value is -1.92. The number of nitrogens with zero attached hydrogens (tertiary/aromatic N) is 1. The number of amides is 3. The Bertz CT molecular complexity index is 444. The number of ether oxygens (including phenoxy) is 1. The van der Waals surface area contributed by atoms with Crippen LogP contribution < -0.4 is 11.1 Å². The van der Waals surface area contributed by atoms with Crippen LogP contribution in [0.3, 0.4) is 0 Å². The maximum Gasteiger partial charge on any atom is 0.318 e. The van der Waals surface area contributed by atoms with Crippen LogP contribution in [0.4, 0.5) is 4.79 Å². The third kappa shape index (κ3) is 3.52. The molecule has 1 atom stereocenters. The molecule has 0 bridgehead atoms. The van der Waals surface area contributed by atoms with Gasteiger partial charge in [-0.3, -0.25) is 15.0 Å². The number of morpholine rings is 1. The van der Waals surface area contributed by atoms with E-state index in [4.69, 9.17) is 10.5 Å². The molecule has 0 unspecified atom stereocenters. The summed E-state index contributed by atoms with van der Waals surface area (Å²) in [7, 11) is 0. The highest BCUT2D eigenvalue weighted by molar-refractivity contribution is 5.96. The van der Waals surface area contributed by atoms with Crippen molar-refractivity contribution in [3.63, 3.8) is 0 Å². The standard InChI is InChI=1S/C13H17N3O3/c14-13(18)15-12(17)11(10-4-2-1-3-5-10)16-6-8-19-9-7-16/h1-5,11H,6-9H2,(H3,14,15,17,18)/t11-/m0/s1. The van der Waals surface area contributed by atoms with Crippen LogP contribution in [0.25, 0.3) is 0 Å². The summed E-state index contributed by atoms with van der Waals surface area (Å²) in [6.45, 7) is 2.44. The first-order valence-corrected chi connectivity index (χ1v) is 6.15. The van der Waals surface area contributed by atoms with Gasteiger partial charge in [-0.15, -0.1) is 0 Å². The van der Waals surface area contributed by atoms with E-state index in [1.54, 1.807) is 0 Å². The maximum atomic E-state index is 12.2. The third-order valence-corrected chi connectivity index (χ3v) is 3.02. The lowest BCUT2D eigenvalue weighted by molar-refractivity contribution is -0.127. The number of nitrogens with two attached hydrogens (primary N) is 1. The van der Waals surface area contributed by atoms with Gasteiger partial charge in [0.1, 0.15) is 6.04 Å². The Morgan fingerprint density at radius 1 is 1.21 bits per heavy atom. The van der Waals surface area contributed by atoms with E-state index in [0.29, 0.717) is 26.3 Å². The van der Waals surface area contributed by atoms with Crippen LogP contribution in [-0.4, -0.2) is 43.1 Å². The molecule has 0 aromatic heterocycles. The molecule has 1 aromatic rings. The molecular weight excluding hydrogens is 246 g/mol. The van der Waals surface area contributed by atoms with Crippen LogP contribution in [0.15, 0.2) is 30.3 Å². The average Bonchev–Trinajstić information content (AvgIpc) is 2.40. The molecule has 0 spiro atoms. The minimum atomic E-state index is -0.834. The van der Waals surface area contributed by atoms with E-state index in [2.05, 4.69) is 5.32 Å². The van der Waals surface area contributed by atoms with Crippen molar-refractivity contribution in [2.45, 2.75) is 6.04 Å². The zero-order chi connectivity index (χ0) is 13.7. The summed E-state index contributed by atoms with van der Waals surface area (Å²) in [4.78, 5) is 25.0. The lowest BCUT2D eigenvalue weighted by Crippen LogP contribution is -2.48. The molecule has 0 radical (unpaired) electrons. The third-order valence-electron chi connectivity index (χ3n) is 3.02. The van der Waals surface area contributed by atoms with Gasteiger partial charge in [0.25, 0.3) is 0 Å². The van der Waals surface area contributed by atoms with E-state index in [9.17, 15) is 9.59 Å². The minimum absolute atomic E-state index is 0.402. The van der Waals surface area contributed by atoms with E-state index < -0.39 is 18.0 Å². The molecule has 1 fully saturated rings. The fourth-order valence-electron chi connectivity index (χ4n) is 2.19. The van der Waals surface area contributed by atoms with Gasteiger partial charge in [0.2, 0.25) is 5.91 Å². The van der Waals surface area contributed by atoms with Gasteiger partial charge in [0.05, 0.1) is 13.2 Å². The Morgan fingerprint density at radius 3 is 2.42 bits per heavy atom. The molecular formula is C13H17N3O3. The highest BCUT2D eigenvalue weighted by Crippen LogP contribution is 2.21. The number of hydrogen-bond donors (Lipinski definition) is 2. The molecule has 1 aliphatic heterocycles. The first-order chi connectivity index (χ1) is 9.18.